The van der Waals surface area contributed by atoms with Gasteiger partial charge in [-0.3, -0.25) is 8.97 Å². The van der Waals surface area contributed by atoms with Crippen LogP contribution in [0, 0.1) is 0 Å². The fourth-order valence-electron chi connectivity index (χ4n) is 4.40. The number of quaternary nitrogens is 2. The SMILES string of the molecule is C=CC[N+](C)(CC=C)C(CCCCCCCCC)[N+](C)(CC=C)CC=C. The molecule has 0 amide bonds. The van der Waals surface area contributed by atoms with Gasteiger partial charge in [0.15, 0.2) is 0 Å². The third-order valence-corrected chi connectivity index (χ3v) is 5.69. The maximum absolute atomic E-state index is 4.03. The minimum absolute atomic E-state index is 0.498. The van der Waals surface area contributed by atoms with Gasteiger partial charge in [0, 0.05) is 0 Å². The van der Waals surface area contributed by atoms with Gasteiger partial charge in [0.2, 0.25) is 6.17 Å². The van der Waals surface area contributed by atoms with Crippen LogP contribution in [0.2, 0.25) is 0 Å². The van der Waals surface area contributed by atoms with Gasteiger partial charge < -0.3 is 0 Å². The van der Waals surface area contributed by atoms with Gasteiger partial charge in [-0.05, 0) is 30.7 Å². The maximum atomic E-state index is 4.03. The Hall–Kier alpha value is -1.12. The lowest BCUT2D eigenvalue weighted by molar-refractivity contribution is -1.11. The van der Waals surface area contributed by atoms with E-state index in [2.05, 4.69) is 71.6 Å². The average molecular weight is 363 g/mol. The van der Waals surface area contributed by atoms with Crippen LogP contribution in [0.3, 0.4) is 0 Å². The van der Waals surface area contributed by atoms with Gasteiger partial charge in [0.25, 0.3) is 0 Å². The molecule has 0 saturated heterocycles. The molecule has 0 aliphatic rings. The third kappa shape index (κ3) is 8.51. The summed E-state index contributed by atoms with van der Waals surface area (Å²) in [5, 5.41) is 0. The molecular formula is C24H46N2+2. The Kier molecular flexibility index (Phi) is 13.4. The van der Waals surface area contributed by atoms with Gasteiger partial charge in [-0.25, -0.2) is 0 Å². The van der Waals surface area contributed by atoms with E-state index in [0.717, 1.165) is 35.1 Å². The van der Waals surface area contributed by atoms with Gasteiger partial charge in [0.05, 0.1) is 20.5 Å². The van der Waals surface area contributed by atoms with Crippen LogP contribution in [0.1, 0.15) is 58.3 Å². The fraction of sp³-hybridized carbons (Fsp3) is 0.667. The lowest BCUT2D eigenvalue weighted by Crippen LogP contribution is -2.67. The summed E-state index contributed by atoms with van der Waals surface area (Å²) in [5.74, 6) is 0. The predicted molar refractivity (Wildman–Crippen MR) is 119 cm³/mol. The molecule has 0 N–H and O–H groups in total. The first-order valence-corrected chi connectivity index (χ1v) is 10.6. The Morgan fingerprint density at radius 3 is 1.31 bits per heavy atom. The van der Waals surface area contributed by atoms with E-state index < -0.39 is 0 Å². The molecule has 0 aliphatic carbocycles. The highest BCUT2D eigenvalue weighted by molar-refractivity contribution is 4.76. The van der Waals surface area contributed by atoms with Gasteiger partial charge in [-0.1, -0.05) is 71.8 Å². The predicted octanol–water partition coefficient (Wildman–Crippen LogP) is 6.09. The van der Waals surface area contributed by atoms with Crippen LogP contribution in [-0.4, -0.2) is 55.4 Å². The second-order valence-corrected chi connectivity index (χ2v) is 8.23. The third-order valence-electron chi connectivity index (χ3n) is 5.69. The molecule has 0 aromatic heterocycles. The number of nitrogens with zero attached hydrogens (tertiary/aromatic N) is 2. The van der Waals surface area contributed by atoms with Crippen molar-refractivity contribution >= 4 is 0 Å². The minimum atomic E-state index is 0.498. The molecule has 0 radical (unpaired) electrons. The summed E-state index contributed by atoms with van der Waals surface area (Å²) in [5.41, 5.74) is 0. The van der Waals surface area contributed by atoms with E-state index in [9.17, 15) is 0 Å². The van der Waals surface area contributed by atoms with Crippen LogP contribution in [0.4, 0.5) is 0 Å². The molecule has 0 aliphatic heterocycles. The number of unbranched alkanes of at least 4 members (excludes halogenated alkanes) is 6. The zero-order valence-electron chi connectivity index (χ0n) is 18.1. The first-order chi connectivity index (χ1) is 12.4. The Bertz CT molecular complexity index is 360. The second kappa shape index (κ2) is 14.0. The molecule has 0 fully saturated rings. The van der Waals surface area contributed by atoms with Gasteiger partial charge >= 0.3 is 0 Å². The normalized spacial score (nSPS) is 12.2. The molecule has 0 atom stereocenters. The monoisotopic (exact) mass is 362 g/mol. The van der Waals surface area contributed by atoms with E-state index in [1.807, 2.05) is 0 Å². The quantitative estimate of drug-likeness (QED) is 0.120. The van der Waals surface area contributed by atoms with Crippen molar-refractivity contribution in [2.75, 3.05) is 40.3 Å². The molecule has 0 rings (SSSR count). The summed E-state index contributed by atoms with van der Waals surface area (Å²) in [7, 11) is 4.72. The minimum Gasteiger partial charge on any atom is -0.271 e. The Morgan fingerprint density at radius 2 is 0.962 bits per heavy atom. The molecule has 26 heavy (non-hydrogen) atoms. The van der Waals surface area contributed by atoms with E-state index in [4.69, 9.17) is 0 Å². The van der Waals surface area contributed by atoms with E-state index in [1.54, 1.807) is 0 Å². The smallest absolute Gasteiger partial charge is 0.217 e. The number of likely N-dealkylation sites (N-methyl/N-ethyl adjacent to an activating group) is 2. The number of hydrogen-bond donors (Lipinski definition) is 0. The standard InChI is InChI=1S/C24H46N2/c1-8-13-14-15-16-17-18-19-24(25(6,20-9-2)21-10-3)26(7,22-11-4)23-12-5/h9-12,24H,2-5,8,13-23H2,1,6-7H3/q+2. The van der Waals surface area contributed by atoms with Crippen molar-refractivity contribution in [2.24, 2.45) is 0 Å². The van der Waals surface area contributed by atoms with Crippen LogP contribution in [0.25, 0.3) is 0 Å². The van der Waals surface area contributed by atoms with E-state index in [1.165, 1.54) is 51.4 Å². The largest absolute Gasteiger partial charge is 0.271 e. The number of hydrogen-bond acceptors (Lipinski definition) is 0. The van der Waals surface area contributed by atoms with Crippen molar-refractivity contribution in [3.05, 3.63) is 50.6 Å². The second-order valence-electron chi connectivity index (χ2n) is 8.23. The molecule has 0 aromatic carbocycles. The summed E-state index contributed by atoms with van der Waals surface area (Å²) < 4.78 is 1.92. The van der Waals surface area contributed by atoms with Crippen LogP contribution in [0.5, 0.6) is 0 Å². The highest BCUT2D eigenvalue weighted by Gasteiger charge is 2.43. The van der Waals surface area contributed by atoms with Crippen molar-refractivity contribution in [1.82, 2.24) is 0 Å². The summed E-state index contributed by atoms with van der Waals surface area (Å²) in [4.78, 5) is 0. The molecule has 0 unspecified atom stereocenters. The average Bonchev–Trinajstić information content (AvgIpc) is 2.58. The zero-order valence-corrected chi connectivity index (χ0v) is 18.1. The molecule has 0 heterocycles. The van der Waals surface area contributed by atoms with Crippen LogP contribution in [-0.2, 0) is 0 Å². The van der Waals surface area contributed by atoms with Crippen molar-refractivity contribution in [3.63, 3.8) is 0 Å². The summed E-state index contributed by atoms with van der Waals surface area (Å²) in [6.07, 6.45) is 19.4. The molecule has 0 bridgehead atoms. The van der Waals surface area contributed by atoms with E-state index in [0.29, 0.717) is 6.17 Å². The van der Waals surface area contributed by atoms with E-state index in [-0.39, 0.29) is 0 Å². The summed E-state index contributed by atoms with van der Waals surface area (Å²) in [6.45, 7) is 22.3. The Labute approximate surface area is 164 Å². The van der Waals surface area contributed by atoms with Crippen LogP contribution >= 0.6 is 0 Å². The Balaban J connectivity index is 5.19. The van der Waals surface area contributed by atoms with Crippen LogP contribution in [0.15, 0.2) is 50.6 Å². The molecule has 2 heteroatoms. The summed E-state index contributed by atoms with van der Waals surface area (Å²) >= 11 is 0. The zero-order chi connectivity index (χ0) is 19.9. The lowest BCUT2D eigenvalue weighted by Gasteiger charge is -2.49. The Morgan fingerprint density at radius 1 is 0.615 bits per heavy atom. The molecular weight excluding hydrogens is 316 g/mol. The van der Waals surface area contributed by atoms with Gasteiger partial charge in [-0.2, -0.15) is 0 Å². The van der Waals surface area contributed by atoms with Crippen molar-refractivity contribution < 1.29 is 8.97 Å². The molecule has 0 saturated carbocycles. The number of rotatable bonds is 18. The summed E-state index contributed by atoms with van der Waals surface area (Å²) in [6, 6.07) is 0. The molecule has 2 nitrogen and oxygen atoms in total. The van der Waals surface area contributed by atoms with Crippen molar-refractivity contribution in [3.8, 4) is 0 Å². The van der Waals surface area contributed by atoms with Gasteiger partial charge in [-0.15, -0.1) is 0 Å². The first-order valence-electron chi connectivity index (χ1n) is 10.6. The van der Waals surface area contributed by atoms with E-state index >= 15 is 0 Å². The topological polar surface area (TPSA) is 0 Å². The highest BCUT2D eigenvalue weighted by atomic mass is 15.5. The van der Waals surface area contributed by atoms with Crippen molar-refractivity contribution in [2.45, 2.75) is 64.5 Å². The highest BCUT2D eigenvalue weighted by Crippen LogP contribution is 2.27. The lowest BCUT2D eigenvalue weighted by atomic mass is 10.0. The van der Waals surface area contributed by atoms with Crippen LogP contribution < -0.4 is 0 Å². The first kappa shape index (κ1) is 24.9. The maximum Gasteiger partial charge on any atom is 0.217 e. The molecule has 150 valence electrons. The van der Waals surface area contributed by atoms with Crippen molar-refractivity contribution in [1.29, 1.82) is 0 Å². The molecule has 0 spiro atoms. The fourth-order valence-corrected chi connectivity index (χ4v) is 4.40. The van der Waals surface area contributed by atoms with Gasteiger partial charge in [0.1, 0.15) is 26.2 Å². The molecule has 0 aromatic rings.